The molecule has 0 bridgehead atoms. The number of sulfonamides is 1. The highest BCUT2D eigenvalue weighted by Gasteiger charge is 2.21. The molecule has 0 spiro atoms. The minimum Gasteiger partial charge on any atom is -0.280 e. The molecular formula is C21H25N3O4S. The lowest BCUT2D eigenvalue weighted by molar-refractivity contribution is -0.126. The summed E-state index contributed by atoms with van der Waals surface area (Å²) in [5.41, 5.74) is 6.60. The molecule has 0 unspecified atom stereocenters. The van der Waals surface area contributed by atoms with E-state index in [-0.39, 0.29) is 22.3 Å². The summed E-state index contributed by atoms with van der Waals surface area (Å²) in [5, 5.41) is 0. The summed E-state index contributed by atoms with van der Waals surface area (Å²) < 4.78 is 27.5. The number of aryl methyl sites for hydroxylation is 1. The van der Waals surface area contributed by atoms with Crippen LogP contribution in [0.25, 0.3) is 0 Å². The van der Waals surface area contributed by atoms with Crippen LogP contribution >= 0.6 is 0 Å². The first-order valence-electron chi connectivity index (χ1n) is 9.65. The molecule has 3 rings (SSSR count). The fourth-order valence-corrected chi connectivity index (χ4v) is 4.34. The van der Waals surface area contributed by atoms with Crippen molar-refractivity contribution in [1.82, 2.24) is 10.9 Å². The average Bonchev–Trinajstić information content (AvgIpc) is 2.74. The molecule has 0 aromatic heterocycles. The topological polar surface area (TPSA) is 104 Å². The third-order valence-electron chi connectivity index (χ3n) is 5.01. The number of hydrogen-bond donors (Lipinski definition) is 3. The predicted octanol–water partition coefficient (Wildman–Crippen LogP) is 3.14. The lowest BCUT2D eigenvalue weighted by Gasteiger charge is -2.20. The Labute approximate surface area is 170 Å². The smallest absolute Gasteiger partial charge is 0.269 e. The van der Waals surface area contributed by atoms with Gasteiger partial charge in [0.2, 0.25) is 5.91 Å². The molecule has 2 aromatic rings. The van der Waals surface area contributed by atoms with Crippen LogP contribution in [0.1, 0.15) is 48.0 Å². The first kappa shape index (κ1) is 20.9. The van der Waals surface area contributed by atoms with Crippen LogP contribution in [0, 0.1) is 12.8 Å². The minimum atomic E-state index is -3.76. The fraction of sp³-hybridized carbons (Fsp3) is 0.333. The average molecular weight is 416 g/mol. The quantitative estimate of drug-likeness (QED) is 0.653. The molecule has 8 heteroatoms. The van der Waals surface area contributed by atoms with Crippen LogP contribution in [0.5, 0.6) is 0 Å². The van der Waals surface area contributed by atoms with Gasteiger partial charge in [0, 0.05) is 17.2 Å². The van der Waals surface area contributed by atoms with Crippen LogP contribution in [0.2, 0.25) is 0 Å². The SMILES string of the molecule is Cc1ccc(NS(=O)(=O)c2ccc(C(=O)NNC(=O)C3CCCCC3)cc2)cc1. The molecule has 1 saturated carbocycles. The Bertz CT molecular complexity index is 964. The van der Waals surface area contributed by atoms with Crippen molar-refractivity contribution in [2.24, 2.45) is 5.92 Å². The molecule has 0 aliphatic heterocycles. The summed E-state index contributed by atoms with van der Waals surface area (Å²) in [6.07, 6.45) is 4.87. The van der Waals surface area contributed by atoms with Gasteiger partial charge in [-0.3, -0.25) is 25.2 Å². The Morgan fingerprint density at radius 1 is 0.862 bits per heavy atom. The summed E-state index contributed by atoms with van der Waals surface area (Å²) >= 11 is 0. The van der Waals surface area contributed by atoms with Crippen molar-refractivity contribution in [2.75, 3.05) is 4.72 Å². The third kappa shape index (κ3) is 5.57. The third-order valence-corrected chi connectivity index (χ3v) is 6.40. The number of anilines is 1. The van der Waals surface area contributed by atoms with E-state index in [0.717, 1.165) is 37.7 Å². The van der Waals surface area contributed by atoms with E-state index >= 15 is 0 Å². The molecule has 2 aromatic carbocycles. The van der Waals surface area contributed by atoms with Crippen molar-refractivity contribution in [3.8, 4) is 0 Å². The summed E-state index contributed by atoms with van der Waals surface area (Å²) in [6.45, 7) is 1.92. The molecule has 0 heterocycles. The van der Waals surface area contributed by atoms with Crippen molar-refractivity contribution in [2.45, 2.75) is 43.9 Å². The molecule has 154 valence electrons. The first-order chi connectivity index (χ1) is 13.8. The molecule has 1 fully saturated rings. The lowest BCUT2D eigenvalue weighted by atomic mass is 9.89. The molecule has 0 saturated heterocycles. The number of hydrazine groups is 1. The minimum absolute atomic E-state index is 0.0425. The van der Waals surface area contributed by atoms with Gasteiger partial charge >= 0.3 is 0 Å². The standard InChI is InChI=1S/C21H25N3O4S/c1-15-7-11-18(12-8-15)24-29(27,28)19-13-9-17(10-14-19)21(26)23-22-20(25)16-5-3-2-4-6-16/h7-14,16,24H,2-6H2,1H3,(H,22,25)(H,23,26). The number of benzene rings is 2. The van der Waals surface area contributed by atoms with Gasteiger partial charge in [-0.2, -0.15) is 0 Å². The van der Waals surface area contributed by atoms with Gasteiger partial charge in [0.1, 0.15) is 0 Å². The number of carbonyl (C=O) groups excluding carboxylic acids is 2. The summed E-state index contributed by atoms with van der Waals surface area (Å²) in [5.74, 6) is -0.742. The highest BCUT2D eigenvalue weighted by atomic mass is 32.2. The molecule has 0 radical (unpaired) electrons. The van der Waals surface area contributed by atoms with Crippen molar-refractivity contribution < 1.29 is 18.0 Å². The Hall–Kier alpha value is -2.87. The summed E-state index contributed by atoms with van der Waals surface area (Å²) in [7, 11) is -3.76. The van der Waals surface area contributed by atoms with Crippen molar-refractivity contribution >= 4 is 27.5 Å². The highest BCUT2D eigenvalue weighted by Crippen LogP contribution is 2.23. The van der Waals surface area contributed by atoms with E-state index in [0.29, 0.717) is 5.69 Å². The van der Waals surface area contributed by atoms with E-state index in [9.17, 15) is 18.0 Å². The first-order valence-corrected chi connectivity index (χ1v) is 11.1. The number of nitrogens with one attached hydrogen (secondary N) is 3. The zero-order valence-corrected chi connectivity index (χ0v) is 17.1. The van der Waals surface area contributed by atoms with Crippen LogP contribution in [0.4, 0.5) is 5.69 Å². The number of hydrogen-bond acceptors (Lipinski definition) is 4. The van der Waals surface area contributed by atoms with Crippen LogP contribution < -0.4 is 15.6 Å². The van der Waals surface area contributed by atoms with Gasteiger partial charge in [-0.15, -0.1) is 0 Å². The van der Waals surface area contributed by atoms with Crippen LogP contribution in [-0.2, 0) is 14.8 Å². The van der Waals surface area contributed by atoms with Crippen molar-refractivity contribution in [3.63, 3.8) is 0 Å². The van der Waals surface area contributed by atoms with Gasteiger partial charge in [0.05, 0.1) is 4.90 Å². The maximum absolute atomic E-state index is 12.5. The monoisotopic (exact) mass is 415 g/mol. The largest absolute Gasteiger partial charge is 0.280 e. The number of amides is 2. The van der Waals surface area contributed by atoms with E-state index in [1.807, 2.05) is 19.1 Å². The van der Waals surface area contributed by atoms with Crippen molar-refractivity contribution in [3.05, 3.63) is 59.7 Å². The van der Waals surface area contributed by atoms with Gasteiger partial charge < -0.3 is 0 Å². The van der Waals surface area contributed by atoms with E-state index in [1.165, 1.54) is 24.3 Å². The van der Waals surface area contributed by atoms with Gasteiger partial charge in [0.15, 0.2) is 0 Å². The maximum Gasteiger partial charge on any atom is 0.269 e. The molecule has 29 heavy (non-hydrogen) atoms. The molecular weight excluding hydrogens is 390 g/mol. The molecule has 0 atom stereocenters. The maximum atomic E-state index is 12.5. The molecule has 3 N–H and O–H groups in total. The van der Waals surface area contributed by atoms with Gasteiger partial charge in [-0.05, 0) is 56.2 Å². The fourth-order valence-electron chi connectivity index (χ4n) is 3.28. The Morgan fingerprint density at radius 3 is 2.10 bits per heavy atom. The normalized spacial score (nSPS) is 14.8. The van der Waals surface area contributed by atoms with E-state index in [2.05, 4.69) is 15.6 Å². The Morgan fingerprint density at radius 2 is 1.48 bits per heavy atom. The van der Waals surface area contributed by atoms with Crippen LogP contribution in [0.15, 0.2) is 53.4 Å². The zero-order valence-electron chi connectivity index (χ0n) is 16.3. The molecule has 1 aliphatic rings. The molecule has 1 aliphatic carbocycles. The second kappa shape index (κ2) is 9.09. The van der Waals surface area contributed by atoms with E-state index in [1.54, 1.807) is 12.1 Å². The van der Waals surface area contributed by atoms with Gasteiger partial charge in [-0.1, -0.05) is 37.0 Å². The van der Waals surface area contributed by atoms with E-state index < -0.39 is 15.9 Å². The van der Waals surface area contributed by atoms with Crippen molar-refractivity contribution in [1.29, 1.82) is 0 Å². The van der Waals surface area contributed by atoms with Crippen LogP contribution in [-0.4, -0.2) is 20.2 Å². The number of rotatable bonds is 5. The second-order valence-electron chi connectivity index (χ2n) is 7.27. The second-order valence-corrected chi connectivity index (χ2v) is 8.96. The van der Waals surface area contributed by atoms with E-state index in [4.69, 9.17) is 0 Å². The van der Waals surface area contributed by atoms with Gasteiger partial charge in [-0.25, -0.2) is 8.42 Å². The van der Waals surface area contributed by atoms with Gasteiger partial charge in [0.25, 0.3) is 15.9 Å². The Balaban J connectivity index is 1.59. The molecule has 7 nitrogen and oxygen atoms in total. The summed E-state index contributed by atoms with van der Waals surface area (Å²) in [6, 6.07) is 12.5. The molecule has 2 amide bonds. The number of carbonyl (C=O) groups is 2. The lowest BCUT2D eigenvalue weighted by Crippen LogP contribution is -2.44. The summed E-state index contributed by atoms with van der Waals surface area (Å²) in [4.78, 5) is 24.4. The zero-order chi connectivity index (χ0) is 20.9. The van der Waals surface area contributed by atoms with Crippen LogP contribution in [0.3, 0.4) is 0 Å². The predicted molar refractivity (Wildman–Crippen MR) is 111 cm³/mol. The Kier molecular flexibility index (Phi) is 6.53. The highest BCUT2D eigenvalue weighted by molar-refractivity contribution is 7.92.